The summed E-state index contributed by atoms with van der Waals surface area (Å²) in [4.78, 5) is 11.3. The summed E-state index contributed by atoms with van der Waals surface area (Å²) in [5.74, 6) is 0.473. The van der Waals surface area contributed by atoms with Gasteiger partial charge in [-0.2, -0.15) is 0 Å². The fourth-order valence-electron chi connectivity index (χ4n) is 0.983. The molecule has 0 unspecified atom stereocenters. The number of halogens is 1. The highest BCUT2D eigenvalue weighted by atomic mass is 127. The van der Waals surface area contributed by atoms with Crippen LogP contribution in [-0.4, -0.2) is 12.9 Å². The van der Waals surface area contributed by atoms with Crippen molar-refractivity contribution in [1.82, 2.24) is 0 Å². The van der Waals surface area contributed by atoms with Crippen LogP contribution < -0.4 is 4.74 Å². The van der Waals surface area contributed by atoms with Crippen molar-refractivity contribution in [2.75, 3.05) is 7.11 Å². The van der Waals surface area contributed by atoms with Gasteiger partial charge in [0.05, 0.1) is 12.7 Å². The lowest BCUT2D eigenvalue weighted by atomic mass is 10.1. The second-order valence-corrected chi connectivity index (χ2v) is 3.66. The van der Waals surface area contributed by atoms with Gasteiger partial charge in [0.1, 0.15) is 5.75 Å². The first-order valence-electron chi connectivity index (χ1n) is 3.69. The first-order chi connectivity index (χ1) is 6.19. The summed E-state index contributed by atoms with van der Waals surface area (Å²) >= 11 is 2.15. The molecule has 0 aromatic heterocycles. The molecule has 3 heteroatoms. The topological polar surface area (TPSA) is 26.3 Å². The number of carbonyl (C=O) groups is 1. The van der Waals surface area contributed by atoms with E-state index in [1.165, 1.54) is 6.08 Å². The Morgan fingerprint density at radius 1 is 1.62 bits per heavy atom. The van der Waals surface area contributed by atoms with E-state index in [2.05, 4.69) is 29.2 Å². The Bertz CT molecular complexity index is 345. The summed E-state index contributed by atoms with van der Waals surface area (Å²) in [6.45, 7) is 3.43. The van der Waals surface area contributed by atoms with Crippen molar-refractivity contribution >= 4 is 28.4 Å². The van der Waals surface area contributed by atoms with Crippen LogP contribution in [0.3, 0.4) is 0 Å². The van der Waals surface area contributed by atoms with Gasteiger partial charge in [0.25, 0.3) is 0 Å². The quantitative estimate of drug-likeness (QED) is 0.485. The van der Waals surface area contributed by atoms with E-state index in [-0.39, 0.29) is 5.78 Å². The SMILES string of the molecule is C=CC(=O)c1cc(I)ccc1OC. The van der Waals surface area contributed by atoms with Crippen LogP contribution in [0, 0.1) is 3.57 Å². The van der Waals surface area contributed by atoms with Crippen molar-refractivity contribution in [2.45, 2.75) is 0 Å². The molecule has 0 bridgehead atoms. The number of methoxy groups -OCH3 is 1. The van der Waals surface area contributed by atoms with Crippen molar-refractivity contribution in [2.24, 2.45) is 0 Å². The van der Waals surface area contributed by atoms with Crippen molar-refractivity contribution in [3.8, 4) is 5.75 Å². The maximum atomic E-state index is 11.3. The first kappa shape index (κ1) is 10.2. The van der Waals surface area contributed by atoms with Crippen LogP contribution in [0.2, 0.25) is 0 Å². The number of carbonyl (C=O) groups excluding carboxylic acids is 1. The van der Waals surface area contributed by atoms with Gasteiger partial charge in [0, 0.05) is 3.57 Å². The highest BCUT2D eigenvalue weighted by molar-refractivity contribution is 14.1. The average molecular weight is 288 g/mol. The molecule has 1 rings (SSSR count). The average Bonchev–Trinajstić information content (AvgIpc) is 2.16. The molecule has 0 atom stereocenters. The van der Waals surface area contributed by atoms with Crippen molar-refractivity contribution < 1.29 is 9.53 Å². The van der Waals surface area contributed by atoms with Crippen LogP contribution in [0.4, 0.5) is 0 Å². The Labute approximate surface area is 90.7 Å². The lowest BCUT2D eigenvalue weighted by Crippen LogP contribution is -1.98. The third kappa shape index (κ3) is 2.30. The predicted molar refractivity (Wildman–Crippen MR) is 60.2 cm³/mol. The fourth-order valence-corrected chi connectivity index (χ4v) is 1.47. The van der Waals surface area contributed by atoms with E-state index in [9.17, 15) is 4.79 Å². The largest absolute Gasteiger partial charge is 0.496 e. The Morgan fingerprint density at radius 3 is 2.85 bits per heavy atom. The van der Waals surface area contributed by atoms with E-state index in [0.29, 0.717) is 11.3 Å². The van der Waals surface area contributed by atoms with Gasteiger partial charge in [-0.3, -0.25) is 4.79 Å². The molecule has 0 amide bonds. The second kappa shape index (κ2) is 4.41. The lowest BCUT2D eigenvalue weighted by Gasteiger charge is -2.05. The zero-order chi connectivity index (χ0) is 9.84. The van der Waals surface area contributed by atoms with E-state index < -0.39 is 0 Å². The molecule has 0 spiro atoms. The fraction of sp³-hybridized carbons (Fsp3) is 0.100. The third-order valence-corrected chi connectivity index (χ3v) is 2.28. The maximum Gasteiger partial charge on any atom is 0.189 e. The van der Waals surface area contributed by atoms with E-state index in [1.807, 2.05) is 6.07 Å². The Morgan fingerprint density at radius 2 is 2.31 bits per heavy atom. The number of allylic oxidation sites excluding steroid dienone is 1. The van der Waals surface area contributed by atoms with E-state index >= 15 is 0 Å². The number of hydrogen-bond donors (Lipinski definition) is 0. The molecular weight excluding hydrogens is 279 g/mol. The van der Waals surface area contributed by atoms with Gasteiger partial charge in [0.15, 0.2) is 5.78 Å². The standard InChI is InChI=1S/C10H9IO2/c1-3-9(12)8-6-7(11)4-5-10(8)13-2/h3-6H,1H2,2H3. The number of hydrogen-bond acceptors (Lipinski definition) is 2. The predicted octanol–water partition coefficient (Wildman–Crippen LogP) is 2.67. The molecule has 1 aromatic rings. The molecule has 0 N–H and O–H groups in total. The molecule has 1 aromatic carbocycles. The van der Waals surface area contributed by atoms with Crippen LogP contribution in [0.5, 0.6) is 5.75 Å². The number of ketones is 1. The van der Waals surface area contributed by atoms with Crippen molar-refractivity contribution in [3.63, 3.8) is 0 Å². The first-order valence-corrected chi connectivity index (χ1v) is 4.77. The molecule has 0 saturated carbocycles. The normalized spacial score (nSPS) is 9.38. The minimum Gasteiger partial charge on any atom is -0.496 e. The maximum absolute atomic E-state index is 11.3. The second-order valence-electron chi connectivity index (χ2n) is 2.41. The van der Waals surface area contributed by atoms with Crippen LogP contribution >= 0.6 is 22.6 Å². The summed E-state index contributed by atoms with van der Waals surface area (Å²) in [5, 5.41) is 0. The van der Waals surface area contributed by atoms with Gasteiger partial charge in [-0.05, 0) is 46.9 Å². The number of benzene rings is 1. The van der Waals surface area contributed by atoms with Crippen LogP contribution in [0.25, 0.3) is 0 Å². The van der Waals surface area contributed by atoms with Crippen LogP contribution in [0.1, 0.15) is 10.4 Å². The van der Waals surface area contributed by atoms with E-state index in [0.717, 1.165) is 3.57 Å². The molecule has 0 fully saturated rings. The van der Waals surface area contributed by atoms with Crippen LogP contribution in [0.15, 0.2) is 30.9 Å². The Kier molecular flexibility index (Phi) is 3.48. The molecule has 0 radical (unpaired) electrons. The Hall–Kier alpha value is -0.840. The highest BCUT2D eigenvalue weighted by Gasteiger charge is 2.08. The summed E-state index contributed by atoms with van der Waals surface area (Å²) < 4.78 is 6.05. The van der Waals surface area contributed by atoms with Gasteiger partial charge in [-0.25, -0.2) is 0 Å². The molecular formula is C10H9IO2. The zero-order valence-corrected chi connectivity index (χ0v) is 9.37. The van der Waals surface area contributed by atoms with Gasteiger partial charge in [0.2, 0.25) is 0 Å². The summed E-state index contributed by atoms with van der Waals surface area (Å²) in [6.07, 6.45) is 1.29. The molecule has 13 heavy (non-hydrogen) atoms. The van der Waals surface area contributed by atoms with Crippen LogP contribution in [-0.2, 0) is 0 Å². The number of rotatable bonds is 3. The molecule has 2 nitrogen and oxygen atoms in total. The number of ether oxygens (including phenoxy) is 1. The van der Waals surface area contributed by atoms with Gasteiger partial charge >= 0.3 is 0 Å². The van der Waals surface area contributed by atoms with E-state index in [1.54, 1.807) is 19.2 Å². The monoisotopic (exact) mass is 288 g/mol. The molecule has 0 saturated heterocycles. The summed E-state index contributed by atoms with van der Waals surface area (Å²) in [5.41, 5.74) is 0.560. The summed E-state index contributed by atoms with van der Waals surface area (Å²) in [6, 6.07) is 5.45. The van der Waals surface area contributed by atoms with Crippen molar-refractivity contribution in [1.29, 1.82) is 0 Å². The van der Waals surface area contributed by atoms with Gasteiger partial charge in [-0.15, -0.1) is 0 Å². The highest BCUT2D eigenvalue weighted by Crippen LogP contribution is 2.21. The smallest absolute Gasteiger partial charge is 0.189 e. The van der Waals surface area contributed by atoms with E-state index in [4.69, 9.17) is 4.74 Å². The third-order valence-electron chi connectivity index (χ3n) is 1.61. The molecule has 0 heterocycles. The summed E-state index contributed by atoms with van der Waals surface area (Å²) in [7, 11) is 1.54. The Balaban J connectivity index is 3.23. The van der Waals surface area contributed by atoms with Gasteiger partial charge < -0.3 is 4.74 Å². The zero-order valence-electron chi connectivity index (χ0n) is 7.21. The molecule has 68 valence electrons. The molecule has 0 aliphatic heterocycles. The molecule has 0 aliphatic rings. The van der Waals surface area contributed by atoms with Gasteiger partial charge in [-0.1, -0.05) is 6.58 Å². The minimum absolute atomic E-state index is 0.115. The van der Waals surface area contributed by atoms with Crippen molar-refractivity contribution in [3.05, 3.63) is 40.0 Å². The minimum atomic E-state index is -0.115. The molecule has 0 aliphatic carbocycles. The lowest BCUT2D eigenvalue weighted by molar-refractivity contribution is 0.104.